The summed E-state index contributed by atoms with van der Waals surface area (Å²) in [4.78, 5) is 4.24. The SMILES string of the molecule is CN=C(NCCc1ccc(OC)c(OC)c1)NCC1CCCO1. The zero-order chi connectivity index (χ0) is 16.5. The molecule has 0 spiro atoms. The molecule has 0 amide bonds. The third-order valence-corrected chi connectivity index (χ3v) is 3.90. The lowest BCUT2D eigenvalue weighted by Gasteiger charge is -2.15. The monoisotopic (exact) mass is 321 g/mol. The Kier molecular flexibility index (Phi) is 7.00. The third kappa shape index (κ3) is 5.32. The van der Waals surface area contributed by atoms with Crippen molar-refractivity contribution in [2.45, 2.75) is 25.4 Å². The van der Waals surface area contributed by atoms with Crippen LogP contribution in [0.4, 0.5) is 0 Å². The molecule has 0 aromatic heterocycles. The highest BCUT2D eigenvalue weighted by atomic mass is 16.5. The van der Waals surface area contributed by atoms with Crippen LogP contribution in [0.3, 0.4) is 0 Å². The number of nitrogens with one attached hydrogen (secondary N) is 2. The molecule has 1 atom stereocenters. The van der Waals surface area contributed by atoms with Gasteiger partial charge in [-0.25, -0.2) is 0 Å². The molecule has 0 saturated carbocycles. The lowest BCUT2D eigenvalue weighted by molar-refractivity contribution is 0.114. The van der Waals surface area contributed by atoms with Gasteiger partial charge in [0.15, 0.2) is 17.5 Å². The van der Waals surface area contributed by atoms with Crippen LogP contribution in [0.5, 0.6) is 11.5 Å². The Balaban J connectivity index is 1.76. The van der Waals surface area contributed by atoms with Gasteiger partial charge in [0.25, 0.3) is 0 Å². The Morgan fingerprint density at radius 2 is 2.09 bits per heavy atom. The number of benzene rings is 1. The Hall–Kier alpha value is -1.95. The summed E-state index contributed by atoms with van der Waals surface area (Å²) in [7, 11) is 5.07. The van der Waals surface area contributed by atoms with Gasteiger partial charge in [-0.05, 0) is 37.0 Å². The molecular weight excluding hydrogens is 294 g/mol. The Morgan fingerprint density at radius 3 is 2.74 bits per heavy atom. The van der Waals surface area contributed by atoms with Crippen molar-refractivity contribution in [2.75, 3.05) is 41.0 Å². The van der Waals surface area contributed by atoms with Crippen molar-refractivity contribution in [3.63, 3.8) is 0 Å². The molecule has 128 valence electrons. The van der Waals surface area contributed by atoms with E-state index in [2.05, 4.69) is 15.6 Å². The molecule has 2 rings (SSSR count). The lowest BCUT2D eigenvalue weighted by atomic mass is 10.1. The molecule has 6 heteroatoms. The minimum atomic E-state index is 0.305. The summed E-state index contributed by atoms with van der Waals surface area (Å²) in [6.07, 6.45) is 3.45. The molecule has 1 saturated heterocycles. The summed E-state index contributed by atoms with van der Waals surface area (Å²) in [5, 5.41) is 6.63. The van der Waals surface area contributed by atoms with E-state index < -0.39 is 0 Å². The fourth-order valence-corrected chi connectivity index (χ4v) is 2.60. The van der Waals surface area contributed by atoms with Crippen molar-refractivity contribution in [3.8, 4) is 11.5 Å². The smallest absolute Gasteiger partial charge is 0.191 e. The second kappa shape index (κ2) is 9.25. The average molecular weight is 321 g/mol. The normalized spacial score (nSPS) is 17.9. The maximum Gasteiger partial charge on any atom is 0.191 e. The van der Waals surface area contributed by atoms with Gasteiger partial charge in [0.05, 0.1) is 20.3 Å². The van der Waals surface area contributed by atoms with E-state index in [9.17, 15) is 0 Å². The highest BCUT2D eigenvalue weighted by molar-refractivity contribution is 5.79. The number of methoxy groups -OCH3 is 2. The van der Waals surface area contributed by atoms with Crippen molar-refractivity contribution in [1.82, 2.24) is 10.6 Å². The van der Waals surface area contributed by atoms with E-state index in [1.54, 1.807) is 21.3 Å². The van der Waals surface area contributed by atoms with Gasteiger partial charge in [-0.3, -0.25) is 4.99 Å². The van der Waals surface area contributed by atoms with Crippen molar-refractivity contribution in [3.05, 3.63) is 23.8 Å². The molecule has 1 aromatic rings. The van der Waals surface area contributed by atoms with Crippen LogP contribution >= 0.6 is 0 Å². The van der Waals surface area contributed by atoms with E-state index in [0.29, 0.717) is 6.10 Å². The van der Waals surface area contributed by atoms with E-state index in [1.807, 2.05) is 18.2 Å². The Morgan fingerprint density at radius 1 is 1.26 bits per heavy atom. The number of hydrogen-bond donors (Lipinski definition) is 2. The number of rotatable bonds is 7. The second-order valence-electron chi connectivity index (χ2n) is 5.45. The van der Waals surface area contributed by atoms with Crippen molar-refractivity contribution in [2.24, 2.45) is 4.99 Å². The highest BCUT2D eigenvalue weighted by Crippen LogP contribution is 2.27. The number of nitrogens with zero attached hydrogens (tertiary/aromatic N) is 1. The summed E-state index contributed by atoms with van der Waals surface area (Å²) in [6.45, 7) is 2.47. The standard InChI is InChI=1S/C17H27N3O3/c1-18-17(20-12-14-5-4-10-23-14)19-9-8-13-6-7-15(21-2)16(11-13)22-3/h6-7,11,14H,4-5,8-10,12H2,1-3H3,(H2,18,19,20). The third-order valence-electron chi connectivity index (χ3n) is 3.90. The van der Waals surface area contributed by atoms with Gasteiger partial charge in [0.1, 0.15) is 0 Å². The molecule has 23 heavy (non-hydrogen) atoms. The zero-order valence-electron chi connectivity index (χ0n) is 14.2. The Labute approximate surface area is 138 Å². The van der Waals surface area contributed by atoms with Gasteiger partial charge in [-0.2, -0.15) is 0 Å². The summed E-state index contributed by atoms with van der Waals surface area (Å²) >= 11 is 0. The molecule has 1 aromatic carbocycles. The fourth-order valence-electron chi connectivity index (χ4n) is 2.60. The van der Waals surface area contributed by atoms with Crippen LogP contribution in [0.15, 0.2) is 23.2 Å². The van der Waals surface area contributed by atoms with Crippen LogP contribution in [-0.4, -0.2) is 53.0 Å². The van der Waals surface area contributed by atoms with Crippen molar-refractivity contribution >= 4 is 5.96 Å². The van der Waals surface area contributed by atoms with E-state index >= 15 is 0 Å². The lowest BCUT2D eigenvalue weighted by Crippen LogP contribution is -2.41. The summed E-state index contributed by atoms with van der Waals surface area (Å²) in [6, 6.07) is 5.98. The molecular formula is C17H27N3O3. The average Bonchev–Trinajstić information content (AvgIpc) is 3.11. The molecule has 2 N–H and O–H groups in total. The van der Waals surface area contributed by atoms with Crippen LogP contribution in [0.2, 0.25) is 0 Å². The van der Waals surface area contributed by atoms with Gasteiger partial charge < -0.3 is 24.8 Å². The molecule has 0 radical (unpaired) electrons. The minimum Gasteiger partial charge on any atom is -0.493 e. The Bertz CT molecular complexity index is 514. The largest absolute Gasteiger partial charge is 0.493 e. The van der Waals surface area contributed by atoms with E-state index in [-0.39, 0.29) is 0 Å². The topological polar surface area (TPSA) is 64.1 Å². The summed E-state index contributed by atoms with van der Waals surface area (Å²) in [5.74, 6) is 2.31. The maximum atomic E-state index is 5.60. The predicted molar refractivity (Wildman–Crippen MR) is 91.6 cm³/mol. The number of hydrogen-bond acceptors (Lipinski definition) is 4. The van der Waals surface area contributed by atoms with Crippen LogP contribution < -0.4 is 20.1 Å². The second-order valence-corrected chi connectivity index (χ2v) is 5.45. The first-order valence-corrected chi connectivity index (χ1v) is 8.04. The quantitative estimate of drug-likeness (QED) is 0.590. The van der Waals surface area contributed by atoms with Crippen molar-refractivity contribution in [1.29, 1.82) is 0 Å². The zero-order valence-corrected chi connectivity index (χ0v) is 14.2. The van der Waals surface area contributed by atoms with E-state index in [1.165, 1.54) is 5.56 Å². The predicted octanol–water partition coefficient (Wildman–Crippen LogP) is 1.59. The van der Waals surface area contributed by atoms with Crippen molar-refractivity contribution < 1.29 is 14.2 Å². The van der Waals surface area contributed by atoms with E-state index in [0.717, 1.165) is 56.4 Å². The number of guanidine groups is 1. The highest BCUT2D eigenvalue weighted by Gasteiger charge is 2.15. The first-order chi connectivity index (χ1) is 11.3. The summed E-state index contributed by atoms with van der Waals surface area (Å²) < 4.78 is 16.2. The fraction of sp³-hybridized carbons (Fsp3) is 0.588. The van der Waals surface area contributed by atoms with Crippen LogP contribution in [0.25, 0.3) is 0 Å². The van der Waals surface area contributed by atoms with Crippen LogP contribution in [0, 0.1) is 0 Å². The van der Waals surface area contributed by atoms with Gasteiger partial charge in [-0.15, -0.1) is 0 Å². The minimum absolute atomic E-state index is 0.305. The van der Waals surface area contributed by atoms with Gasteiger partial charge in [0, 0.05) is 26.7 Å². The molecule has 1 fully saturated rings. The molecule has 1 aliphatic heterocycles. The van der Waals surface area contributed by atoms with Gasteiger partial charge >= 0.3 is 0 Å². The maximum absolute atomic E-state index is 5.60. The first-order valence-electron chi connectivity index (χ1n) is 8.04. The van der Waals surface area contributed by atoms with Crippen LogP contribution in [-0.2, 0) is 11.2 Å². The summed E-state index contributed by atoms with van der Waals surface area (Å²) in [5.41, 5.74) is 1.18. The van der Waals surface area contributed by atoms with Gasteiger partial charge in [-0.1, -0.05) is 6.07 Å². The van der Waals surface area contributed by atoms with Crippen LogP contribution in [0.1, 0.15) is 18.4 Å². The molecule has 0 bridgehead atoms. The van der Waals surface area contributed by atoms with E-state index in [4.69, 9.17) is 14.2 Å². The number of ether oxygens (including phenoxy) is 3. The number of aliphatic imine (C=N–C) groups is 1. The molecule has 6 nitrogen and oxygen atoms in total. The molecule has 0 aliphatic carbocycles. The molecule has 1 unspecified atom stereocenters. The molecule has 1 aliphatic rings. The molecule has 1 heterocycles. The first kappa shape index (κ1) is 17.4. The van der Waals surface area contributed by atoms with Gasteiger partial charge in [0.2, 0.25) is 0 Å².